The maximum atomic E-state index is 12.0. The molecule has 0 spiro atoms. The Hall–Kier alpha value is -3.86. The lowest BCUT2D eigenvalue weighted by Crippen LogP contribution is -2.09. The predicted octanol–water partition coefficient (Wildman–Crippen LogP) is 6.94. The molecule has 0 saturated carbocycles. The number of ether oxygens (including phenoxy) is 4. The molecule has 0 aliphatic rings. The van der Waals surface area contributed by atoms with Gasteiger partial charge in [0.05, 0.1) is 25.6 Å². The van der Waals surface area contributed by atoms with Gasteiger partial charge in [0.25, 0.3) is 0 Å². The van der Waals surface area contributed by atoms with Gasteiger partial charge in [-0.05, 0) is 67.1 Å². The summed E-state index contributed by atoms with van der Waals surface area (Å²) in [6.45, 7) is 7.45. The molecule has 6 nitrogen and oxygen atoms in total. The van der Waals surface area contributed by atoms with Crippen LogP contribution in [0.1, 0.15) is 42.9 Å². The molecule has 0 unspecified atom stereocenters. The lowest BCUT2D eigenvalue weighted by molar-refractivity contribution is -0.143. The summed E-state index contributed by atoms with van der Waals surface area (Å²) in [5.41, 5.74) is 5.38. The smallest absolute Gasteiger partial charge is 0.307 e. The minimum absolute atomic E-state index is 0.202. The molecule has 0 fully saturated rings. The maximum Gasteiger partial charge on any atom is 0.307 e. The van der Waals surface area contributed by atoms with Crippen molar-refractivity contribution in [1.29, 1.82) is 0 Å². The summed E-state index contributed by atoms with van der Waals surface area (Å²) in [5.74, 6) is 6.94. The third kappa shape index (κ3) is 7.38. The Morgan fingerprint density at radius 1 is 1.05 bits per heavy atom. The summed E-state index contributed by atoms with van der Waals surface area (Å²) in [6, 6.07) is 16.2. The fraction of sp³-hybridized carbons (Fsp3) is 0.312. The Kier molecular flexibility index (Phi) is 9.96. The highest BCUT2D eigenvalue weighted by atomic mass is 32.1. The molecule has 7 heteroatoms. The van der Waals surface area contributed by atoms with Crippen LogP contribution in [0.25, 0.3) is 21.2 Å². The van der Waals surface area contributed by atoms with Crippen LogP contribution in [-0.4, -0.2) is 37.9 Å². The normalized spacial score (nSPS) is 11.5. The molecule has 0 aliphatic carbocycles. The number of rotatable bonds is 12. The van der Waals surface area contributed by atoms with E-state index in [0.29, 0.717) is 32.3 Å². The van der Waals surface area contributed by atoms with Crippen LogP contribution in [0.4, 0.5) is 0 Å². The molecule has 0 bridgehead atoms. The van der Waals surface area contributed by atoms with Crippen molar-refractivity contribution < 1.29 is 23.7 Å². The fourth-order valence-corrected chi connectivity index (χ4v) is 5.21. The topological polar surface area (TPSA) is 66.9 Å². The Balaban J connectivity index is 1.45. The first-order valence-corrected chi connectivity index (χ1v) is 13.8. The van der Waals surface area contributed by atoms with E-state index < -0.39 is 0 Å². The first kappa shape index (κ1) is 28.2. The average Bonchev–Trinajstić information content (AvgIpc) is 3.35. The fourth-order valence-electron chi connectivity index (χ4n) is 4.27. The van der Waals surface area contributed by atoms with Crippen LogP contribution in [0.2, 0.25) is 0 Å². The van der Waals surface area contributed by atoms with E-state index in [1.54, 1.807) is 32.3 Å². The standard InChI is InChI=1S/C32H33NO5S/c1-5-7-25(18-32(34)36-6-2)24-9-11-26(12-10-24)38-20-23-8-13-30-27(17-23)29(21-39-30)28-19-33-31(16-22(28)3)37-15-14-35-4/h8-13,16-17,19,21,25H,6,14-15,18,20H2,1-4H3/t25-/m0/s1. The van der Waals surface area contributed by atoms with E-state index >= 15 is 0 Å². The highest BCUT2D eigenvalue weighted by molar-refractivity contribution is 7.17. The zero-order valence-electron chi connectivity index (χ0n) is 22.8. The molecular formula is C32H33NO5S. The third-order valence-corrected chi connectivity index (χ3v) is 7.20. The van der Waals surface area contributed by atoms with Gasteiger partial charge in [-0.1, -0.05) is 24.1 Å². The Bertz CT molecular complexity index is 1470. The van der Waals surface area contributed by atoms with Crippen LogP contribution in [-0.2, 0) is 20.9 Å². The summed E-state index contributed by atoms with van der Waals surface area (Å²) < 4.78 is 23.1. The van der Waals surface area contributed by atoms with Gasteiger partial charge in [-0.2, -0.15) is 0 Å². The highest BCUT2D eigenvalue weighted by Gasteiger charge is 2.15. The van der Waals surface area contributed by atoms with Crippen molar-refractivity contribution in [1.82, 2.24) is 4.98 Å². The number of hydrogen-bond donors (Lipinski definition) is 0. The van der Waals surface area contributed by atoms with Crippen molar-refractivity contribution in [2.24, 2.45) is 0 Å². The second kappa shape index (κ2) is 13.8. The van der Waals surface area contributed by atoms with Gasteiger partial charge in [-0.3, -0.25) is 4.79 Å². The number of carbonyl (C=O) groups excluding carboxylic acids is 1. The van der Waals surface area contributed by atoms with Crippen LogP contribution in [0.5, 0.6) is 11.6 Å². The summed E-state index contributed by atoms with van der Waals surface area (Å²) in [7, 11) is 1.65. The van der Waals surface area contributed by atoms with Crippen molar-refractivity contribution in [3.8, 4) is 34.6 Å². The van der Waals surface area contributed by atoms with Crippen molar-refractivity contribution in [3.63, 3.8) is 0 Å². The van der Waals surface area contributed by atoms with Gasteiger partial charge < -0.3 is 18.9 Å². The molecule has 1 atom stereocenters. The number of pyridine rings is 1. The average molecular weight is 544 g/mol. The Labute approximate surface area is 233 Å². The second-order valence-corrected chi connectivity index (χ2v) is 9.88. The number of benzene rings is 2. The molecule has 0 N–H and O–H groups in total. The van der Waals surface area contributed by atoms with Crippen molar-refractivity contribution >= 4 is 27.4 Å². The highest BCUT2D eigenvalue weighted by Crippen LogP contribution is 2.36. The number of methoxy groups -OCH3 is 1. The predicted molar refractivity (Wildman–Crippen MR) is 155 cm³/mol. The number of fused-ring (bicyclic) bond motifs is 1. The van der Waals surface area contributed by atoms with E-state index in [1.807, 2.05) is 36.5 Å². The van der Waals surface area contributed by atoms with E-state index in [2.05, 4.69) is 47.3 Å². The van der Waals surface area contributed by atoms with E-state index in [1.165, 1.54) is 10.1 Å². The number of carbonyl (C=O) groups is 1. The monoisotopic (exact) mass is 543 g/mol. The summed E-state index contributed by atoms with van der Waals surface area (Å²) in [4.78, 5) is 16.5. The van der Waals surface area contributed by atoms with Crippen molar-refractivity contribution in [2.45, 2.75) is 39.7 Å². The van der Waals surface area contributed by atoms with E-state index in [9.17, 15) is 4.79 Å². The number of hydrogen-bond acceptors (Lipinski definition) is 7. The van der Waals surface area contributed by atoms with E-state index in [4.69, 9.17) is 18.9 Å². The van der Waals surface area contributed by atoms with E-state index in [-0.39, 0.29) is 18.3 Å². The zero-order chi connectivity index (χ0) is 27.6. The lowest BCUT2D eigenvalue weighted by Gasteiger charge is -2.12. The van der Waals surface area contributed by atoms with Gasteiger partial charge in [-0.25, -0.2) is 4.98 Å². The maximum absolute atomic E-state index is 12.0. The Morgan fingerprint density at radius 3 is 2.59 bits per heavy atom. The number of thiophene rings is 1. The minimum atomic E-state index is -0.244. The van der Waals surface area contributed by atoms with Gasteiger partial charge in [0.15, 0.2) is 0 Å². The molecule has 202 valence electrons. The van der Waals surface area contributed by atoms with E-state index in [0.717, 1.165) is 33.6 Å². The molecule has 0 radical (unpaired) electrons. The molecule has 4 rings (SSSR count). The van der Waals surface area contributed by atoms with Crippen LogP contribution < -0.4 is 9.47 Å². The van der Waals surface area contributed by atoms with Crippen LogP contribution >= 0.6 is 11.3 Å². The zero-order valence-corrected chi connectivity index (χ0v) is 23.6. The number of aromatic nitrogens is 1. The largest absolute Gasteiger partial charge is 0.489 e. The SMILES string of the molecule is CC#C[C@@H](CC(=O)OCC)c1ccc(OCc2ccc3scc(-c4cnc(OCCOC)cc4C)c3c2)cc1. The van der Waals surface area contributed by atoms with Crippen molar-refractivity contribution in [2.75, 3.05) is 26.9 Å². The minimum Gasteiger partial charge on any atom is -0.489 e. The first-order valence-electron chi connectivity index (χ1n) is 12.9. The molecule has 4 aromatic rings. The molecule has 2 aromatic carbocycles. The quantitative estimate of drug-likeness (QED) is 0.110. The van der Waals surface area contributed by atoms with Crippen molar-refractivity contribution in [3.05, 3.63) is 76.8 Å². The molecule has 0 amide bonds. The van der Waals surface area contributed by atoms with Gasteiger partial charge in [0, 0.05) is 40.6 Å². The van der Waals surface area contributed by atoms with Crippen LogP contribution in [0.15, 0.2) is 60.1 Å². The third-order valence-electron chi connectivity index (χ3n) is 6.23. The first-order chi connectivity index (χ1) is 19.0. The van der Waals surface area contributed by atoms with Gasteiger partial charge in [0.2, 0.25) is 5.88 Å². The number of esters is 1. The molecular weight excluding hydrogens is 510 g/mol. The van der Waals surface area contributed by atoms with Gasteiger partial charge in [0.1, 0.15) is 19.0 Å². The lowest BCUT2D eigenvalue weighted by atomic mass is 9.96. The summed E-state index contributed by atoms with van der Waals surface area (Å²) in [6.07, 6.45) is 2.11. The number of nitrogens with zero attached hydrogens (tertiary/aromatic N) is 1. The van der Waals surface area contributed by atoms with Crippen LogP contribution in [0, 0.1) is 18.8 Å². The Morgan fingerprint density at radius 2 is 1.87 bits per heavy atom. The van der Waals surface area contributed by atoms with Gasteiger partial charge >= 0.3 is 5.97 Å². The van der Waals surface area contributed by atoms with Crippen LogP contribution in [0.3, 0.4) is 0 Å². The molecule has 39 heavy (non-hydrogen) atoms. The van der Waals surface area contributed by atoms with Gasteiger partial charge in [-0.15, -0.1) is 17.3 Å². The molecule has 2 heterocycles. The second-order valence-electron chi connectivity index (χ2n) is 8.97. The molecule has 0 aliphatic heterocycles. The number of aryl methyl sites for hydroxylation is 1. The summed E-state index contributed by atoms with van der Waals surface area (Å²) >= 11 is 1.72. The summed E-state index contributed by atoms with van der Waals surface area (Å²) in [5, 5.41) is 3.35. The molecule has 2 aromatic heterocycles. The molecule has 0 saturated heterocycles.